The summed E-state index contributed by atoms with van der Waals surface area (Å²) in [6.07, 6.45) is 1.80. The van der Waals surface area contributed by atoms with Crippen LogP contribution in [-0.4, -0.2) is 49.4 Å². The van der Waals surface area contributed by atoms with Gasteiger partial charge >= 0.3 is 0 Å². The standard InChI is InChI=1S/C17H20N2O4S2/c1-10-3-6-14(23-2)12(7-10)19-13-8-25(21,22)9-15(13)24-17(19)18-16(20)11-4-5-11/h3,6-7,11,13,15H,4-5,8-9H2,1-2H3/t13-,15+/m1/s1. The van der Waals surface area contributed by atoms with Crippen LogP contribution in [0.25, 0.3) is 0 Å². The molecule has 0 radical (unpaired) electrons. The predicted octanol–water partition coefficient (Wildman–Crippen LogP) is 2.02. The van der Waals surface area contributed by atoms with Gasteiger partial charge in [-0.3, -0.25) is 4.79 Å². The molecule has 1 aromatic rings. The van der Waals surface area contributed by atoms with Gasteiger partial charge in [0.05, 0.1) is 30.3 Å². The van der Waals surface area contributed by atoms with Crippen molar-refractivity contribution in [2.75, 3.05) is 23.5 Å². The maximum atomic E-state index is 12.2. The Bertz CT molecular complexity index is 861. The lowest BCUT2D eigenvalue weighted by molar-refractivity contribution is -0.118. The van der Waals surface area contributed by atoms with Crippen molar-refractivity contribution in [2.24, 2.45) is 10.9 Å². The second kappa shape index (κ2) is 6.02. The minimum Gasteiger partial charge on any atom is -0.495 e. The van der Waals surface area contributed by atoms with Crippen molar-refractivity contribution in [1.82, 2.24) is 0 Å². The van der Waals surface area contributed by atoms with Gasteiger partial charge in [0.2, 0.25) is 0 Å². The lowest BCUT2D eigenvalue weighted by Gasteiger charge is -2.26. The molecular formula is C17H20N2O4S2. The normalized spacial score (nSPS) is 29.0. The summed E-state index contributed by atoms with van der Waals surface area (Å²) in [5.74, 6) is 0.811. The Hall–Kier alpha value is -1.54. The van der Waals surface area contributed by atoms with Crippen molar-refractivity contribution in [2.45, 2.75) is 31.1 Å². The van der Waals surface area contributed by atoms with Crippen molar-refractivity contribution in [3.05, 3.63) is 23.8 Å². The van der Waals surface area contributed by atoms with Crippen LogP contribution in [-0.2, 0) is 14.6 Å². The first-order chi connectivity index (χ1) is 11.9. The van der Waals surface area contributed by atoms with E-state index in [1.807, 2.05) is 30.0 Å². The van der Waals surface area contributed by atoms with E-state index in [1.165, 1.54) is 11.8 Å². The van der Waals surface area contributed by atoms with Crippen LogP contribution in [0, 0.1) is 12.8 Å². The summed E-state index contributed by atoms with van der Waals surface area (Å²) in [5, 5.41) is 0.506. The molecule has 3 fully saturated rings. The summed E-state index contributed by atoms with van der Waals surface area (Å²) in [6, 6.07) is 5.56. The molecule has 1 amide bonds. The minimum atomic E-state index is -3.08. The van der Waals surface area contributed by atoms with Crippen molar-refractivity contribution in [3.8, 4) is 5.75 Å². The lowest BCUT2D eigenvalue weighted by atomic mass is 10.1. The largest absolute Gasteiger partial charge is 0.495 e. The average Bonchev–Trinajstić information content (AvgIpc) is 3.28. The van der Waals surface area contributed by atoms with E-state index < -0.39 is 9.84 Å². The van der Waals surface area contributed by atoms with E-state index in [-0.39, 0.29) is 34.6 Å². The number of thioether (sulfide) groups is 1. The number of sulfone groups is 1. The molecule has 1 saturated carbocycles. The summed E-state index contributed by atoms with van der Waals surface area (Å²) in [7, 11) is -1.49. The summed E-state index contributed by atoms with van der Waals surface area (Å²) >= 11 is 1.41. The van der Waals surface area contributed by atoms with Gasteiger partial charge in [-0.05, 0) is 37.5 Å². The maximum absolute atomic E-state index is 12.2. The average molecular weight is 380 g/mol. The van der Waals surface area contributed by atoms with Crippen LogP contribution in [0.2, 0.25) is 0 Å². The number of amides is 1. The van der Waals surface area contributed by atoms with E-state index in [0.717, 1.165) is 24.1 Å². The summed E-state index contributed by atoms with van der Waals surface area (Å²) < 4.78 is 29.7. The van der Waals surface area contributed by atoms with Gasteiger partial charge in [-0.15, -0.1) is 0 Å². The molecule has 0 bridgehead atoms. The molecule has 0 unspecified atom stereocenters. The highest BCUT2D eigenvalue weighted by atomic mass is 32.2. The number of hydrogen-bond acceptors (Lipinski definition) is 5. The van der Waals surface area contributed by atoms with Crippen molar-refractivity contribution >= 4 is 38.4 Å². The molecule has 4 rings (SSSR count). The third-order valence-corrected chi connectivity index (χ3v) is 8.00. The highest BCUT2D eigenvalue weighted by Gasteiger charge is 2.50. The van der Waals surface area contributed by atoms with Gasteiger partial charge in [0, 0.05) is 11.2 Å². The van der Waals surface area contributed by atoms with Crippen LogP contribution in [0.4, 0.5) is 5.69 Å². The molecular weight excluding hydrogens is 360 g/mol. The SMILES string of the molecule is COc1ccc(C)cc1N1C(=NC(=O)C2CC2)S[C@H]2CS(=O)(=O)C[C@H]21. The topological polar surface area (TPSA) is 76.0 Å². The molecule has 25 heavy (non-hydrogen) atoms. The Morgan fingerprint density at radius 1 is 1.32 bits per heavy atom. The lowest BCUT2D eigenvalue weighted by Crippen LogP contribution is -2.38. The smallest absolute Gasteiger partial charge is 0.251 e. The summed E-state index contributed by atoms with van der Waals surface area (Å²) in [6.45, 7) is 1.97. The van der Waals surface area contributed by atoms with Crippen molar-refractivity contribution < 1.29 is 17.9 Å². The fourth-order valence-corrected chi connectivity index (χ4v) is 7.26. The molecule has 134 valence electrons. The number of anilines is 1. The number of hydrogen-bond donors (Lipinski definition) is 0. The molecule has 1 aromatic carbocycles. The predicted molar refractivity (Wildman–Crippen MR) is 99.2 cm³/mol. The highest BCUT2D eigenvalue weighted by molar-refractivity contribution is 8.16. The van der Waals surface area contributed by atoms with E-state index in [4.69, 9.17) is 4.74 Å². The first kappa shape index (κ1) is 16.9. The van der Waals surface area contributed by atoms with E-state index in [0.29, 0.717) is 10.9 Å². The Kier molecular flexibility index (Phi) is 4.07. The van der Waals surface area contributed by atoms with Crippen LogP contribution >= 0.6 is 11.8 Å². The molecule has 6 nitrogen and oxygen atoms in total. The molecule has 2 aliphatic heterocycles. The Morgan fingerprint density at radius 2 is 2.08 bits per heavy atom. The van der Waals surface area contributed by atoms with Crippen LogP contribution in [0.1, 0.15) is 18.4 Å². The quantitative estimate of drug-likeness (QED) is 0.798. The fraction of sp³-hybridized carbons (Fsp3) is 0.529. The molecule has 2 saturated heterocycles. The van der Waals surface area contributed by atoms with Crippen LogP contribution in [0.5, 0.6) is 5.75 Å². The number of amidine groups is 1. The van der Waals surface area contributed by atoms with Gasteiger partial charge < -0.3 is 9.64 Å². The molecule has 2 atom stereocenters. The Balaban J connectivity index is 1.78. The minimum absolute atomic E-state index is 0.0403. The molecule has 2 heterocycles. The fourth-order valence-electron chi connectivity index (χ4n) is 3.35. The number of methoxy groups -OCH3 is 1. The first-order valence-electron chi connectivity index (χ1n) is 8.31. The molecule has 1 aliphatic carbocycles. The molecule has 8 heteroatoms. The number of nitrogens with zero attached hydrogens (tertiary/aromatic N) is 2. The van der Waals surface area contributed by atoms with Crippen molar-refractivity contribution in [3.63, 3.8) is 0 Å². The van der Waals surface area contributed by atoms with Gasteiger partial charge in [-0.1, -0.05) is 17.8 Å². The third-order valence-electron chi connectivity index (χ3n) is 4.79. The number of rotatable bonds is 3. The van der Waals surface area contributed by atoms with Gasteiger partial charge in [0.25, 0.3) is 5.91 Å². The van der Waals surface area contributed by atoms with Crippen LogP contribution in [0.15, 0.2) is 23.2 Å². The summed E-state index contributed by atoms with van der Waals surface area (Å²) in [4.78, 5) is 18.5. The van der Waals surface area contributed by atoms with Crippen molar-refractivity contribution in [1.29, 1.82) is 0 Å². The number of carbonyl (C=O) groups is 1. The van der Waals surface area contributed by atoms with Gasteiger partial charge in [-0.25, -0.2) is 8.42 Å². The molecule has 0 aromatic heterocycles. The number of ether oxygens (including phenoxy) is 1. The number of benzene rings is 1. The number of aliphatic imine (C=N–C) groups is 1. The number of aryl methyl sites for hydroxylation is 1. The number of carbonyl (C=O) groups excluding carboxylic acids is 1. The summed E-state index contributed by atoms with van der Waals surface area (Å²) in [5.41, 5.74) is 1.82. The zero-order chi connectivity index (χ0) is 17.8. The monoisotopic (exact) mass is 380 g/mol. The third kappa shape index (κ3) is 3.17. The van der Waals surface area contributed by atoms with E-state index in [2.05, 4.69) is 4.99 Å². The van der Waals surface area contributed by atoms with Crippen LogP contribution in [0.3, 0.4) is 0 Å². The van der Waals surface area contributed by atoms with E-state index in [1.54, 1.807) is 7.11 Å². The first-order valence-corrected chi connectivity index (χ1v) is 11.0. The van der Waals surface area contributed by atoms with Crippen LogP contribution < -0.4 is 9.64 Å². The van der Waals surface area contributed by atoms with E-state index >= 15 is 0 Å². The van der Waals surface area contributed by atoms with Gasteiger partial charge in [-0.2, -0.15) is 4.99 Å². The molecule has 3 aliphatic rings. The van der Waals surface area contributed by atoms with E-state index in [9.17, 15) is 13.2 Å². The maximum Gasteiger partial charge on any atom is 0.251 e. The molecule has 0 spiro atoms. The van der Waals surface area contributed by atoms with Gasteiger partial charge in [0.15, 0.2) is 15.0 Å². The zero-order valence-electron chi connectivity index (χ0n) is 14.1. The second-order valence-electron chi connectivity index (χ2n) is 6.85. The van der Waals surface area contributed by atoms with Gasteiger partial charge in [0.1, 0.15) is 5.75 Å². The highest BCUT2D eigenvalue weighted by Crippen LogP contribution is 2.44. The number of fused-ring (bicyclic) bond motifs is 1. The second-order valence-corrected chi connectivity index (χ2v) is 10.2. The zero-order valence-corrected chi connectivity index (χ0v) is 15.8. The Labute approximate surface area is 151 Å². The molecule has 0 N–H and O–H groups in total. The Morgan fingerprint density at radius 3 is 2.76 bits per heavy atom.